The molecule has 13 heteroatoms. The second-order valence-corrected chi connectivity index (χ2v) is 16.9. The highest BCUT2D eigenvalue weighted by Gasteiger charge is 2.52. The Labute approximate surface area is 245 Å². The van der Waals surface area contributed by atoms with Crippen LogP contribution in [0.5, 0.6) is 0 Å². The molecule has 1 unspecified atom stereocenters. The first-order chi connectivity index (χ1) is 19.9. The van der Waals surface area contributed by atoms with Crippen molar-refractivity contribution in [2.24, 2.45) is 0 Å². The van der Waals surface area contributed by atoms with Crippen molar-refractivity contribution in [2.45, 2.75) is 64.0 Å². The van der Waals surface area contributed by atoms with Gasteiger partial charge in [0.25, 0.3) is 13.9 Å². The largest absolute Gasteiger partial charge is 0.472 e. The van der Waals surface area contributed by atoms with Crippen LogP contribution in [0.1, 0.15) is 45.4 Å². The van der Waals surface area contributed by atoms with Crippen molar-refractivity contribution in [2.75, 3.05) is 13.2 Å². The fourth-order valence-electron chi connectivity index (χ4n) is 5.31. The van der Waals surface area contributed by atoms with E-state index in [-0.39, 0.29) is 31.1 Å². The molecule has 0 bridgehead atoms. The quantitative estimate of drug-likeness (QED) is 0.189. The lowest BCUT2D eigenvalue weighted by atomic mass is 10.2. The fourth-order valence-corrected chi connectivity index (χ4v) is 10.8. The maximum absolute atomic E-state index is 12.8. The molecule has 1 fully saturated rings. The molecule has 11 nitrogen and oxygen atoms in total. The fraction of sp³-hybridized carbons (Fsp3) is 0.414. The number of ether oxygens (including phenoxy) is 1. The van der Waals surface area contributed by atoms with Gasteiger partial charge in [-0.1, -0.05) is 81.4 Å². The number of nitrogens with one attached hydrogen (secondary N) is 1. The first kappa shape index (κ1) is 31.8. The minimum atomic E-state index is -4.59. The Bertz CT molecular complexity index is 1530. The molecule has 0 saturated carbocycles. The summed E-state index contributed by atoms with van der Waals surface area (Å²) >= 11 is 0. The van der Waals surface area contributed by atoms with E-state index in [0.717, 1.165) is 10.4 Å². The maximum Gasteiger partial charge on any atom is 0.472 e. The number of phosphoric acid groups is 1. The third-order valence-corrected chi connectivity index (χ3v) is 13.3. The molecule has 1 aromatic heterocycles. The summed E-state index contributed by atoms with van der Waals surface area (Å²) in [4.78, 5) is 37.3. The highest BCUT2D eigenvalue weighted by atomic mass is 31.2. The minimum Gasteiger partial charge on any atom is -0.405 e. The number of hydrogen-bond acceptors (Lipinski definition) is 8. The molecule has 0 aliphatic carbocycles. The van der Waals surface area contributed by atoms with Crippen LogP contribution < -0.4 is 21.6 Å². The maximum atomic E-state index is 12.8. The Morgan fingerprint density at radius 2 is 1.71 bits per heavy atom. The van der Waals surface area contributed by atoms with E-state index in [1.54, 1.807) is 6.92 Å². The van der Waals surface area contributed by atoms with E-state index in [0.29, 0.717) is 5.56 Å². The van der Waals surface area contributed by atoms with Crippen LogP contribution >= 0.6 is 7.82 Å². The van der Waals surface area contributed by atoms with E-state index in [4.69, 9.17) is 23.5 Å². The molecule has 2 aromatic carbocycles. The Morgan fingerprint density at radius 1 is 1.12 bits per heavy atom. The standard InChI is InChI=1S/C29H36N3O8PSi/c1-21-19-32(28(34)31-27(21)33)26-18-24(40-41(35,36)37-17-11-16-30)25(39-26)20-38-42(29(2,3)4,22-12-7-5-8-13-22)23-14-9-6-10-15-23/h5-10,12-15,19,24-26H,11,17-18,20H2,1-4H3,(H,35,36)(H,31,33,34)/t24-,25+,26+/m0/s1. The van der Waals surface area contributed by atoms with Crippen LogP contribution in [-0.2, 0) is 22.8 Å². The molecule has 3 aromatic rings. The average Bonchev–Trinajstić information content (AvgIpc) is 3.33. The van der Waals surface area contributed by atoms with Gasteiger partial charge in [0.15, 0.2) is 0 Å². The number of benzene rings is 2. The Balaban J connectivity index is 1.71. The predicted octanol–water partition coefficient (Wildman–Crippen LogP) is 3.13. The lowest BCUT2D eigenvalue weighted by Gasteiger charge is -2.43. The molecule has 4 atom stereocenters. The van der Waals surface area contributed by atoms with Crippen molar-refractivity contribution in [1.82, 2.24) is 9.55 Å². The van der Waals surface area contributed by atoms with Crippen LogP contribution in [0.4, 0.5) is 0 Å². The average molecular weight is 614 g/mol. The van der Waals surface area contributed by atoms with Crippen LogP contribution in [-0.4, -0.2) is 48.2 Å². The van der Waals surface area contributed by atoms with Crippen LogP contribution in [0.3, 0.4) is 0 Å². The molecular weight excluding hydrogens is 577 g/mol. The number of hydrogen-bond donors (Lipinski definition) is 2. The topological polar surface area (TPSA) is 153 Å². The number of aromatic nitrogens is 2. The van der Waals surface area contributed by atoms with Crippen molar-refractivity contribution >= 4 is 26.5 Å². The van der Waals surface area contributed by atoms with Gasteiger partial charge in [0.2, 0.25) is 0 Å². The molecular formula is C29H36N3O8PSi. The predicted molar refractivity (Wildman–Crippen MR) is 159 cm³/mol. The van der Waals surface area contributed by atoms with E-state index >= 15 is 0 Å². The van der Waals surface area contributed by atoms with Crippen LogP contribution in [0, 0.1) is 18.3 Å². The van der Waals surface area contributed by atoms with Gasteiger partial charge in [0, 0.05) is 18.2 Å². The molecule has 1 saturated heterocycles. The van der Waals surface area contributed by atoms with E-state index in [1.165, 1.54) is 10.8 Å². The van der Waals surface area contributed by atoms with Crippen LogP contribution in [0.2, 0.25) is 5.04 Å². The van der Waals surface area contributed by atoms with E-state index in [1.807, 2.05) is 66.7 Å². The summed E-state index contributed by atoms with van der Waals surface area (Å²) in [5, 5.41) is 10.5. The summed E-state index contributed by atoms with van der Waals surface area (Å²) in [6.07, 6.45) is -1.50. The van der Waals surface area contributed by atoms with Crippen LogP contribution in [0.25, 0.3) is 0 Å². The Morgan fingerprint density at radius 3 is 2.26 bits per heavy atom. The second-order valence-electron chi connectivity index (χ2n) is 11.2. The van der Waals surface area contributed by atoms with Gasteiger partial charge in [-0.05, 0) is 22.3 Å². The van der Waals surface area contributed by atoms with Crippen molar-refractivity contribution in [3.05, 3.63) is 93.3 Å². The number of nitrogens with zero attached hydrogens (tertiary/aromatic N) is 2. The first-order valence-corrected chi connectivity index (χ1v) is 17.0. The summed E-state index contributed by atoms with van der Waals surface area (Å²) in [5.41, 5.74) is -0.893. The van der Waals surface area contributed by atoms with E-state index in [2.05, 4.69) is 25.8 Å². The zero-order valence-electron chi connectivity index (χ0n) is 24.1. The molecule has 1 aliphatic heterocycles. The summed E-state index contributed by atoms with van der Waals surface area (Å²) in [5.74, 6) is 0. The first-order valence-electron chi connectivity index (χ1n) is 13.6. The van der Waals surface area contributed by atoms with Crippen LogP contribution in [0.15, 0.2) is 76.4 Å². The molecule has 0 radical (unpaired) electrons. The molecule has 42 heavy (non-hydrogen) atoms. The third kappa shape index (κ3) is 6.90. The number of H-pyrrole nitrogens is 1. The third-order valence-electron chi connectivity index (χ3n) is 7.25. The van der Waals surface area contributed by atoms with Gasteiger partial charge in [-0.25, -0.2) is 9.36 Å². The van der Waals surface area contributed by atoms with Gasteiger partial charge in [-0.15, -0.1) is 0 Å². The molecule has 1 aliphatic rings. The number of aryl methyl sites for hydroxylation is 1. The van der Waals surface area contributed by atoms with Gasteiger partial charge in [0.1, 0.15) is 18.4 Å². The van der Waals surface area contributed by atoms with Crippen molar-refractivity contribution in [1.29, 1.82) is 5.26 Å². The van der Waals surface area contributed by atoms with Crippen molar-refractivity contribution < 1.29 is 27.7 Å². The Hall–Kier alpha value is -3.14. The SMILES string of the molecule is Cc1cn([C@H]2C[C@H](OP(=O)(O)OCCC#N)[C@@H](CO[Si](c3ccccc3)(c3ccccc3)C(C)(C)C)O2)c(=O)[nH]c1=O. The molecule has 2 heterocycles. The summed E-state index contributed by atoms with van der Waals surface area (Å²) in [7, 11) is -7.60. The lowest BCUT2D eigenvalue weighted by Crippen LogP contribution is -2.67. The van der Waals surface area contributed by atoms with E-state index in [9.17, 15) is 19.0 Å². The summed E-state index contributed by atoms with van der Waals surface area (Å²) < 4.78 is 37.8. The highest BCUT2D eigenvalue weighted by molar-refractivity contribution is 7.47. The van der Waals surface area contributed by atoms with Crippen molar-refractivity contribution in [3.8, 4) is 6.07 Å². The zero-order valence-corrected chi connectivity index (χ0v) is 26.0. The van der Waals surface area contributed by atoms with Gasteiger partial charge >= 0.3 is 13.5 Å². The smallest absolute Gasteiger partial charge is 0.405 e. The molecule has 2 N–H and O–H groups in total. The van der Waals surface area contributed by atoms with Gasteiger partial charge in [-0.2, -0.15) is 5.26 Å². The minimum absolute atomic E-state index is 0.00627. The number of nitriles is 1. The van der Waals surface area contributed by atoms with Gasteiger partial charge < -0.3 is 14.1 Å². The van der Waals surface area contributed by atoms with E-state index < -0.39 is 45.8 Å². The Kier molecular flexibility index (Phi) is 9.85. The number of aromatic amines is 1. The highest BCUT2D eigenvalue weighted by Crippen LogP contribution is 2.48. The normalized spacial score (nSPS) is 20.6. The molecule has 0 spiro atoms. The second kappa shape index (κ2) is 13.0. The number of phosphoric ester groups is 1. The number of rotatable bonds is 11. The zero-order chi connectivity index (χ0) is 30.5. The summed E-state index contributed by atoms with van der Waals surface area (Å²) in [6, 6.07) is 21.8. The molecule has 4 rings (SSSR count). The molecule has 0 amide bonds. The van der Waals surface area contributed by atoms with Gasteiger partial charge in [0.05, 0.1) is 25.7 Å². The lowest BCUT2D eigenvalue weighted by molar-refractivity contribution is -0.0432. The summed E-state index contributed by atoms with van der Waals surface area (Å²) in [6.45, 7) is 7.62. The van der Waals surface area contributed by atoms with Gasteiger partial charge in [-0.3, -0.25) is 23.4 Å². The monoisotopic (exact) mass is 613 g/mol. The molecule has 224 valence electrons. The van der Waals surface area contributed by atoms with Crippen molar-refractivity contribution in [3.63, 3.8) is 0 Å².